The molecule has 3 heterocycles. The minimum atomic E-state index is -1.52. The van der Waals surface area contributed by atoms with Gasteiger partial charge in [-0.15, -0.1) is 0 Å². The van der Waals surface area contributed by atoms with Crippen LogP contribution in [0.5, 0.6) is 5.75 Å². The van der Waals surface area contributed by atoms with Crippen LogP contribution in [0, 0.1) is 11.3 Å². The molecule has 3 aliphatic rings. The Bertz CT molecular complexity index is 1390. The predicted molar refractivity (Wildman–Crippen MR) is 172 cm³/mol. The number of amides is 1. The number of nitrogens with zero attached hydrogens (tertiary/aromatic N) is 1. The molecule has 0 aliphatic carbocycles. The maximum atomic E-state index is 13.9. The van der Waals surface area contributed by atoms with Gasteiger partial charge in [0.15, 0.2) is 11.6 Å². The Labute approximate surface area is 271 Å². The monoisotopic (exact) mass is 646 g/mol. The summed E-state index contributed by atoms with van der Waals surface area (Å²) in [5.74, 6) is -0.425. The van der Waals surface area contributed by atoms with Crippen molar-refractivity contribution in [1.29, 1.82) is 0 Å². The fourth-order valence-corrected chi connectivity index (χ4v) is 6.33. The van der Waals surface area contributed by atoms with Gasteiger partial charge in [0.05, 0.1) is 30.7 Å². The summed E-state index contributed by atoms with van der Waals surface area (Å²) in [4.78, 5) is 28.5. The molecule has 0 saturated carbocycles. The average molecular weight is 647 g/mol. The van der Waals surface area contributed by atoms with Crippen LogP contribution in [0.3, 0.4) is 0 Å². The quantitative estimate of drug-likeness (QED) is 0.343. The number of epoxide rings is 1. The van der Waals surface area contributed by atoms with E-state index in [1.54, 1.807) is 33.9 Å². The topological polar surface area (TPSA) is 119 Å². The summed E-state index contributed by atoms with van der Waals surface area (Å²) in [5, 5.41) is 15.0. The summed E-state index contributed by atoms with van der Waals surface area (Å²) in [7, 11) is 4.69. The Kier molecular flexibility index (Phi) is 10.0. The molecule has 2 N–H and O–H groups in total. The second kappa shape index (κ2) is 13.0. The number of anilines is 1. The molecule has 2 fully saturated rings. The van der Waals surface area contributed by atoms with Crippen molar-refractivity contribution in [2.24, 2.45) is 11.3 Å². The zero-order chi connectivity index (χ0) is 33.5. The lowest BCUT2D eigenvalue weighted by molar-refractivity contribution is -0.163. The minimum absolute atomic E-state index is 0.154. The van der Waals surface area contributed by atoms with Gasteiger partial charge < -0.3 is 39.0 Å². The van der Waals surface area contributed by atoms with E-state index < -0.39 is 47.1 Å². The second-order valence-electron chi connectivity index (χ2n) is 13.6. The number of benzene rings is 1. The molecule has 3 aliphatic heterocycles. The Hall–Kier alpha value is -3.05. The van der Waals surface area contributed by atoms with Crippen molar-refractivity contribution in [2.75, 3.05) is 26.2 Å². The fraction of sp³-hybridized carbons (Fsp3) is 0.588. The lowest BCUT2D eigenvalue weighted by atomic mass is 9.83. The molecule has 4 rings (SSSR count). The van der Waals surface area contributed by atoms with E-state index in [-0.39, 0.29) is 30.5 Å². The number of ether oxygens (including phenoxy) is 5. The number of hydrogen-bond acceptors (Lipinski definition) is 9. The van der Waals surface area contributed by atoms with Gasteiger partial charge in [0.1, 0.15) is 34.7 Å². The molecular weight excluding hydrogens is 600 g/mol. The molecular formula is C34H47ClN2O8. The zero-order valence-corrected chi connectivity index (χ0v) is 28.5. The molecule has 7 atom stereocenters. The first-order chi connectivity index (χ1) is 20.9. The second-order valence-corrected chi connectivity index (χ2v) is 14.0. The third kappa shape index (κ3) is 7.35. The number of esters is 1. The third-order valence-corrected chi connectivity index (χ3v) is 9.26. The highest BCUT2D eigenvalue weighted by molar-refractivity contribution is 6.35. The first-order valence-electron chi connectivity index (χ1n) is 15.2. The molecule has 2 saturated heterocycles. The van der Waals surface area contributed by atoms with Crippen molar-refractivity contribution in [3.05, 3.63) is 59.0 Å². The number of nitrogens with one attached hydrogen (secondary N) is 1. The molecule has 1 aromatic rings. The van der Waals surface area contributed by atoms with Gasteiger partial charge >= 0.3 is 5.97 Å². The van der Waals surface area contributed by atoms with E-state index in [1.165, 1.54) is 19.1 Å². The lowest BCUT2D eigenvalue weighted by Gasteiger charge is -2.44. The van der Waals surface area contributed by atoms with E-state index >= 15 is 0 Å². The molecule has 1 aromatic carbocycles. The summed E-state index contributed by atoms with van der Waals surface area (Å²) in [5.41, 5.74) is -0.982. The summed E-state index contributed by atoms with van der Waals surface area (Å²) in [6.07, 6.45) is 3.47. The number of methoxy groups -OCH3 is 2. The summed E-state index contributed by atoms with van der Waals surface area (Å²) >= 11 is 6.72. The number of halogens is 1. The zero-order valence-electron chi connectivity index (χ0n) is 27.7. The average Bonchev–Trinajstić information content (AvgIpc) is 3.65. The number of fused-ring (bicyclic) bond motifs is 5. The van der Waals surface area contributed by atoms with Gasteiger partial charge in [-0.25, -0.2) is 0 Å². The van der Waals surface area contributed by atoms with Crippen LogP contribution in [0.4, 0.5) is 5.69 Å². The number of allylic oxidation sites excluding steroid dienone is 3. The van der Waals surface area contributed by atoms with Crippen molar-refractivity contribution in [3.63, 3.8) is 0 Å². The first kappa shape index (κ1) is 34.8. The van der Waals surface area contributed by atoms with Gasteiger partial charge in [0.25, 0.3) is 0 Å². The van der Waals surface area contributed by atoms with E-state index in [0.29, 0.717) is 22.9 Å². The Morgan fingerprint density at radius 1 is 1.27 bits per heavy atom. The van der Waals surface area contributed by atoms with Crippen molar-refractivity contribution in [1.82, 2.24) is 5.32 Å². The van der Waals surface area contributed by atoms with Gasteiger partial charge in [-0.2, -0.15) is 0 Å². The van der Waals surface area contributed by atoms with Gasteiger partial charge in [0.2, 0.25) is 5.91 Å². The highest BCUT2D eigenvalue weighted by Gasteiger charge is 2.64. The normalized spacial score (nSPS) is 34.4. The number of carbonyl (C=O) groups excluding carboxylic acids is 2. The van der Waals surface area contributed by atoms with E-state index in [9.17, 15) is 14.7 Å². The van der Waals surface area contributed by atoms with E-state index in [1.807, 2.05) is 45.1 Å². The SMILES string of the molecule is C=C1N[C@]2(O)C[C@H](O1)[C@@H](C)[C@@H]1O[C@@]1(C)[C@@H](OC(=O)C(C)(C)C)CC(=O)N(C)c1cc(cc(OC)c1Cl)C/C(C)=C/C=C/[C@H]2OC. The smallest absolute Gasteiger partial charge is 0.311 e. The maximum Gasteiger partial charge on any atom is 0.311 e. The summed E-state index contributed by atoms with van der Waals surface area (Å²) < 4.78 is 29.7. The van der Waals surface area contributed by atoms with Gasteiger partial charge in [-0.1, -0.05) is 42.3 Å². The van der Waals surface area contributed by atoms with Gasteiger partial charge in [0, 0.05) is 26.5 Å². The Morgan fingerprint density at radius 2 is 1.96 bits per heavy atom. The highest BCUT2D eigenvalue weighted by Crippen LogP contribution is 2.49. The summed E-state index contributed by atoms with van der Waals surface area (Å²) in [6.45, 7) is 15.0. The first-order valence-corrected chi connectivity index (χ1v) is 15.6. The molecule has 45 heavy (non-hydrogen) atoms. The fourth-order valence-electron chi connectivity index (χ4n) is 6.02. The Morgan fingerprint density at radius 3 is 2.58 bits per heavy atom. The van der Waals surface area contributed by atoms with Crippen molar-refractivity contribution >= 4 is 29.2 Å². The van der Waals surface area contributed by atoms with Gasteiger partial charge in [-0.3, -0.25) is 9.59 Å². The Balaban J connectivity index is 1.81. The molecule has 0 spiro atoms. The maximum absolute atomic E-state index is 13.9. The highest BCUT2D eigenvalue weighted by atomic mass is 35.5. The lowest BCUT2D eigenvalue weighted by Crippen LogP contribution is -2.60. The van der Waals surface area contributed by atoms with Crippen molar-refractivity contribution in [2.45, 2.75) is 96.5 Å². The van der Waals surface area contributed by atoms with E-state index in [2.05, 4.69) is 11.9 Å². The molecule has 4 bridgehead atoms. The molecule has 1 amide bonds. The number of aliphatic hydroxyl groups is 1. The van der Waals surface area contributed by atoms with Crippen LogP contribution in [-0.2, 0) is 35.0 Å². The molecule has 11 heteroatoms. The molecule has 10 nitrogen and oxygen atoms in total. The molecule has 248 valence electrons. The van der Waals surface area contributed by atoms with E-state index in [0.717, 1.165) is 11.1 Å². The van der Waals surface area contributed by atoms with Crippen LogP contribution in [0.25, 0.3) is 0 Å². The molecule has 0 unspecified atom stereocenters. The third-order valence-electron chi connectivity index (χ3n) is 8.88. The van der Waals surface area contributed by atoms with E-state index in [4.69, 9.17) is 35.3 Å². The van der Waals surface area contributed by atoms with Crippen molar-refractivity contribution in [3.8, 4) is 5.75 Å². The largest absolute Gasteiger partial charge is 0.495 e. The van der Waals surface area contributed by atoms with Crippen LogP contribution >= 0.6 is 11.6 Å². The minimum Gasteiger partial charge on any atom is -0.495 e. The van der Waals surface area contributed by atoms with Crippen LogP contribution < -0.4 is 15.0 Å². The number of rotatable bonds is 3. The standard InChI is InChI=1S/C34H47ClN2O8/c1-19-12-11-13-26(42-10)34(40)18-25(43-21(3)36-34)20(2)30-33(7,45-30)27(44-31(39)32(4,5)6)17-28(38)37(8)23-15-22(14-19)16-24(41-9)29(23)35/h11-13,15-16,20,25-27,30,36,40H,3,14,17-18H2,1-2,4-10H3/b13-11+,19-12+/t20-,25+,26-,27+,30+,33+,34+/m1/s1. The molecule has 0 radical (unpaired) electrons. The summed E-state index contributed by atoms with van der Waals surface area (Å²) in [6, 6.07) is 3.69. The van der Waals surface area contributed by atoms with Crippen molar-refractivity contribution < 1.29 is 38.4 Å². The number of hydrogen-bond donors (Lipinski definition) is 2. The van der Waals surface area contributed by atoms with Crippen LogP contribution in [0.15, 0.2) is 48.4 Å². The van der Waals surface area contributed by atoms with Crippen LogP contribution in [0.1, 0.15) is 59.9 Å². The van der Waals surface area contributed by atoms with Crippen LogP contribution in [0.2, 0.25) is 5.02 Å². The predicted octanol–water partition coefficient (Wildman–Crippen LogP) is 5.06. The molecule has 0 aromatic heterocycles. The van der Waals surface area contributed by atoms with Gasteiger partial charge in [-0.05, 0) is 65.3 Å². The van der Waals surface area contributed by atoms with Crippen LogP contribution in [-0.4, -0.2) is 74.0 Å². The number of carbonyl (C=O) groups is 2.